The fourth-order valence-electron chi connectivity index (χ4n) is 2.90. The molecule has 1 aliphatic heterocycles. The summed E-state index contributed by atoms with van der Waals surface area (Å²) in [4.78, 5) is 26.2. The smallest absolute Gasteiger partial charge is 0.277 e. The predicted octanol–water partition coefficient (Wildman–Crippen LogP) is -0.258. The SMILES string of the molecule is Cc1ccc(CN(C)C(=O)C[NH+]2CCN(c3ncccn3)CC2)o1. The third kappa shape index (κ3) is 4.11. The van der Waals surface area contributed by atoms with E-state index in [0.717, 1.165) is 43.6 Å². The number of nitrogens with one attached hydrogen (secondary N) is 1. The van der Waals surface area contributed by atoms with Crippen LogP contribution in [0.5, 0.6) is 0 Å². The van der Waals surface area contributed by atoms with Crippen molar-refractivity contribution in [1.82, 2.24) is 14.9 Å². The molecule has 0 bridgehead atoms. The number of likely N-dealkylation sites (N-methyl/N-ethyl adjacent to an activating group) is 1. The molecule has 0 unspecified atom stereocenters. The molecule has 2 aromatic heterocycles. The summed E-state index contributed by atoms with van der Waals surface area (Å²) in [5, 5.41) is 0. The largest absolute Gasteiger partial charge is 0.464 e. The Morgan fingerprint density at radius 3 is 2.62 bits per heavy atom. The van der Waals surface area contributed by atoms with Crippen molar-refractivity contribution in [2.45, 2.75) is 13.5 Å². The number of amides is 1. The fourth-order valence-corrected chi connectivity index (χ4v) is 2.90. The molecule has 0 radical (unpaired) electrons. The van der Waals surface area contributed by atoms with Crippen molar-refractivity contribution in [1.29, 1.82) is 0 Å². The molecule has 0 saturated carbocycles. The van der Waals surface area contributed by atoms with E-state index in [9.17, 15) is 4.79 Å². The van der Waals surface area contributed by atoms with Gasteiger partial charge in [-0.3, -0.25) is 4.79 Å². The monoisotopic (exact) mass is 330 g/mol. The zero-order chi connectivity index (χ0) is 16.9. The first-order chi connectivity index (χ1) is 11.6. The summed E-state index contributed by atoms with van der Waals surface area (Å²) in [5.74, 6) is 2.61. The zero-order valence-corrected chi connectivity index (χ0v) is 14.2. The lowest BCUT2D eigenvalue weighted by atomic mass is 10.3. The quantitative estimate of drug-likeness (QED) is 0.818. The summed E-state index contributed by atoms with van der Waals surface area (Å²) in [6, 6.07) is 5.66. The van der Waals surface area contributed by atoms with E-state index < -0.39 is 0 Å². The van der Waals surface area contributed by atoms with Crippen LogP contribution in [-0.4, -0.2) is 60.5 Å². The number of aromatic nitrogens is 2. The van der Waals surface area contributed by atoms with Gasteiger partial charge in [-0.25, -0.2) is 9.97 Å². The number of carbonyl (C=O) groups is 1. The average Bonchev–Trinajstić information content (AvgIpc) is 3.01. The third-order valence-corrected chi connectivity index (χ3v) is 4.32. The second kappa shape index (κ2) is 7.44. The van der Waals surface area contributed by atoms with E-state index in [1.807, 2.05) is 32.2 Å². The number of nitrogens with zero attached hydrogens (tertiary/aromatic N) is 4. The molecule has 0 aromatic carbocycles. The standard InChI is InChI=1S/C17H23N5O2/c1-14-4-5-15(24-14)12-20(2)16(23)13-21-8-10-22(11-9-21)17-18-6-3-7-19-17/h3-7H,8-13H2,1-2H3/p+1. The van der Waals surface area contributed by atoms with Crippen LogP contribution in [0.1, 0.15) is 11.5 Å². The Balaban J connectivity index is 1.46. The van der Waals surface area contributed by atoms with Crippen molar-refractivity contribution in [2.24, 2.45) is 0 Å². The summed E-state index contributed by atoms with van der Waals surface area (Å²) < 4.78 is 5.54. The molecule has 1 aliphatic rings. The maximum atomic E-state index is 12.4. The summed E-state index contributed by atoms with van der Waals surface area (Å²) in [7, 11) is 1.83. The number of carbonyl (C=O) groups excluding carboxylic acids is 1. The minimum Gasteiger partial charge on any atom is -0.464 e. The van der Waals surface area contributed by atoms with Gasteiger partial charge in [0.2, 0.25) is 5.95 Å². The molecule has 7 heteroatoms. The lowest BCUT2D eigenvalue weighted by molar-refractivity contribution is -0.892. The van der Waals surface area contributed by atoms with Crippen molar-refractivity contribution >= 4 is 11.9 Å². The topological polar surface area (TPSA) is 66.9 Å². The summed E-state index contributed by atoms with van der Waals surface area (Å²) >= 11 is 0. The number of furan rings is 1. The Labute approximate surface area is 141 Å². The normalized spacial score (nSPS) is 15.5. The molecule has 24 heavy (non-hydrogen) atoms. The molecule has 128 valence electrons. The molecular formula is C17H24N5O2+. The van der Waals surface area contributed by atoms with Crippen LogP contribution in [0.4, 0.5) is 5.95 Å². The van der Waals surface area contributed by atoms with Crippen LogP contribution in [0.25, 0.3) is 0 Å². The molecule has 0 atom stereocenters. The van der Waals surface area contributed by atoms with E-state index in [4.69, 9.17) is 4.42 Å². The first-order valence-electron chi connectivity index (χ1n) is 8.26. The maximum absolute atomic E-state index is 12.4. The number of aryl methyl sites for hydroxylation is 1. The van der Waals surface area contributed by atoms with E-state index in [1.165, 1.54) is 4.90 Å². The number of hydrogen-bond acceptors (Lipinski definition) is 5. The Morgan fingerprint density at radius 1 is 1.29 bits per heavy atom. The number of piperazine rings is 1. The molecule has 1 amide bonds. The van der Waals surface area contributed by atoms with E-state index in [2.05, 4.69) is 14.9 Å². The maximum Gasteiger partial charge on any atom is 0.277 e. The van der Waals surface area contributed by atoms with Crippen molar-refractivity contribution < 1.29 is 14.1 Å². The van der Waals surface area contributed by atoms with Gasteiger partial charge < -0.3 is 19.1 Å². The number of quaternary nitrogens is 1. The number of rotatable bonds is 5. The van der Waals surface area contributed by atoms with Gasteiger partial charge in [-0.2, -0.15) is 0 Å². The highest BCUT2D eigenvalue weighted by Crippen LogP contribution is 2.08. The molecule has 1 N–H and O–H groups in total. The van der Waals surface area contributed by atoms with Gasteiger partial charge in [0, 0.05) is 19.4 Å². The Hall–Kier alpha value is -2.41. The molecule has 1 saturated heterocycles. The van der Waals surface area contributed by atoms with Crippen molar-refractivity contribution in [2.75, 3.05) is 44.7 Å². The van der Waals surface area contributed by atoms with Gasteiger partial charge in [-0.1, -0.05) is 0 Å². The Bertz CT molecular complexity index is 665. The molecule has 0 aliphatic carbocycles. The summed E-state index contributed by atoms with van der Waals surface area (Å²) in [6.07, 6.45) is 3.52. The first-order valence-corrected chi connectivity index (χ1v) is 8.26. The van der Waals surface area contributed by atoms with Gasteiger partial charge in [-0.05, 0) is 25.1 Å². The summed E-state index contributed by atoms with van der Waals surface area (Å²) in [5.41, 5.74) is 0. The minimum atomic E-state index is 0.142. The molecule has 7 nitrogen and oxygen atoms in total. The molecule has 2 aromatic rings. The highest BCUT2D eigenvalue weighted by molar-refractivity contribution is 5.76. The lowest BCUT2D eigenvalue weighted by Crippen LogP contribution is -3.15. The van der Waals surface area contributed by atoms with E-state index in [-0.39, 0.29) is 5.91 Å². The fraction of sp³-hybridized carbons (Fsp3) is 0.471. The van der Waals surface area contributed by atoms with Gasteiger partial charge in [0.1, 0.15) is 11.5 Å². The lowest BCUT2D eigenvalue weighted by Gasteiger charge is -2.32. The van der Waals surface area contributed by atoms with E-state index in [1.54, 1.807) is 17.3 Å². The van der Waals surface area contributed by atoms with Crippen molar-refractivity contribution in [3.05, 3.63) is 42.1 Å². The molecular weight excluding hydrogens is 306 g/mol. The number of anilines is 1. The van der Waals surface area contributed by atoms with Crippen LogP contribution < -0.4 is 9.80 Å². The summed E-state index contributed by atoms with van der Waals surface area (Å²) in [6.45, 7) is 6.51. The highest BCUT2D eigenvalue weighted by Gasteiger charge is 2.25. The predicted molar refractivity (Wildman–Crippen MR) is 89.7 cm³/mol. The van der Waals surface area contributed by atoms with Crippen LogP contribution in [0.15, 0.2) is 35.0 Å². The van der Waals surface area contributed by atoms with Crippen molar-refractivity contribution in [3.8, 4) is 0 Å². The average molecular weight is 330 g/mol. The second-order valence-corrected chi connectivity index (χ2v) is 6.22. The number of hydrogen-bond donors (Lipinski definition) is 1. The van der Waals surface area contributed by atoms with E-state index in [0.29, 0.717) is 13.1 Å². The van der Waals surface area contributed by atoms with Gasteiger partial charge in [0.15, 0.2) is 6.54 Å². The van der Waals surface area contributed by atoms with Crippen LogP contribution in [-0.2, 0) is 11.3 Å². The Kier molecular flexibility index (Phi) is 5.10. The molecule has 1 fully saturated rings. The third-order valence-electron chi connectivity index (χ3n) is 4.32. The van der Waals surface area contributed by atoms with Crippen LogP contribution in [0.3, 0.4) is 0 Å². The van der Waals surface area contributed by atoms with Gasteiger partial charge in [0.05, 0.1) is 32.7 Å². The van der Waals surface area contributed by atoms with Gasteiger partial charge in [0.25, 0.3) is 5.91 Å². The molecule has 0 spiro atoms. The highest BCUT2D eigenvalue weighted by atomic mass is 16.3. The molecule has 3 rings (SSSR count). The second-order valence-electron chi connectivity index (χ2n) is 6.22. The van der Waals surface area contributed by atoms with Gasteiger partial charge >= 0.3 is 0 Å². The van der Waals surface area contributed by atoms with Gasteiger partial charge in [-0.15, -0.1) is 0 Å². The van der Waals surface area contributed by atoms with Crippen LogP contribution in [0.2, 0.25) is 0 Å². The molecule has 3 heterocycles. The minimum absolute atomic E-state index is 0.142. The van der Waals surface area contributed by atoms with Crippen LogP contribution >= 0.6 is 0 Å². The van der Waals surface area contributed by atoms with E-state index >= 15 is 0 Å². The first kappa shape index (κ1) is 16.4. The van der Waals surface area contributed by atoms with Crippen LogP contribution in [0, 0.1) is 6.92 Å². The Morgan fingerprint density at radius 2 is 2.00 bits per heavy atom. The zero-order valence-electron chi connectivity index (χ0n) is 14.2. The van der Waals surface area contributed by atoms with Crippen molar-refractivity contribution in [3.63, 3.8) is 0 Å².